The Morgan fingerprint density at radius 2 is 1.59 bits per heavy atom. The molecule has 0 radical (unpaired) electrons. The van der Waals surface area contributed by atoms with Gasteiger partial charge < -0.3 is 9.84 Å². The van der Waals surface area contributed by atoms with Crippen molar-refractivity contribution in [3.05, 3.63) is 35.9 Å². The van der Waals surface area contributed by atoms with E-state index in [1.807, 2.05) is 6.07 Å². The first-order chi connectivity index (χ1) is 10.7. The van der Waals surface area contributed by atoms with Gasteiger partial charge >= 0.3 is 5.97 Å². The summed E-state index contributed by atoms with van der Waals surface area (Å²) in [5, 5.41) is 9.84. The van der Waals surface area contributed by atoms with E-state index in [0.29, 0.717) is 12.0 Å². The topological polar surface area (TPSA) is 46.5 Å². The number of unbranched alkanes of at least 4 members (excludes halogenated alkanes) is 7. The van der Waals surface area contributed by atoms with E-state index in [4.69, 9.17) is 4.74 Å². The Morgan fingerprint density at radius 1 is 1.00 bits per heavy atom. The molecular weight excluding hydrogens is 276 g/mol. The summed E-state index contributed by atoms with van der Waals surface area (Å²) in [6.07, 6.45) is 10.1. The van der Waals surface area contributed by atoms with Crippen LogP contribution in [-0.2, 0) is 4.74 Å². The third-order valence-electron chi connectivity index (χ3n) is 3.81. The van der Waals surface area contributed by atoms with Gasteiger partial charge in [0.05, 0.1) is 11.7 Å². The van der Waals surface area contributed by atoms with Crippen LogP contribution in [0.15, 0.2) is 30.3 Å². The number of aliphatic hydroxyl groups is 1. The number of aliphatic hydroxyl groups excluding tert-OH is 1. The lowest BCUT2D eigenvalue weighted by atomic mass is 10.1. The summed E-state index contributed by atoms with van der Waals surface area (Å²) in [4.78, 5) is 11.7. The van der Waals surface area contributed by atoms with Crippen molar-refractivity contribution in [2.24, 2.45) is 0 Å². The van der Waals surface area contributed by atoms with Gasteiger partial charge in [0.2, 0.25) is 0 Å². The van der Waals surface area contributed by atoms with E-state index in [9.17, 15) is 9.90 Å². The molecule has 1 aromatic rings. The van der Waals surface area contributed by atoms with E-state index in [-0.39, 0.29) is 12.6 Å². The highest BCUT2D eigenvalue weighted by Crippen LogP contribution is 2.11. The lowest BCUT2D eigenvalue weighted by Gasteiger charge is -2.11. The number of carbonyl (C=O) groups excluding carboxylic acids is 1. The first-order valence-electron chi connectivity index (χ1n) is 8.64. The predicted molar refractivity (Wildman–Crippen MR) is 90.0 cm³/mol. The number of rotatable bonds is 12. The maximum absolute atomic E-state index is 11.7. The normalized spacial score (nSPS) is 12.1. The maximum atomic E-state index is 11.7. The minimum atomic E-state index is -0.548. The van der Waals surface area contributed by atoms with Gasteiger partial charge in [-0.15, -0.1) is 0 Å². The first-order valence-corrected chi connectivity index (χ1v) is 8.64. The number of ether oxygens (including phenoxy) is 1. The van der Waals surface area contributed by atoms with Crippen LogP contribution in [0.1, 0.15) is 75.1 Å². The van der Waals surface area contributed by atoms with E-state index < -0.39 is 6.10 Å². The van der Waals surface area contributed by atoms with Crippen molar-refractivity contribution in [2.75, 3.05) is 6.61 Å². The molecule has 1 atom stereocenters. The standard InChI is InChI=1S/C19H30O3/c1-2-3-4-5-6-7-8-12-15-18(20)16-22-19(21)17-13-10-9-11-14-17/h9-11,13-14,18,20H,2-8,12,15-16H2,1H3. The second-order valence-electron chi connectivity index (χ2n) is 5.88. The lowest BCUT2D eigenvalue weighted by Crippen LogP contribution is -2.18. The van der Waals surface area contributed by atoms with Crippen molar-refractivity contribution < 1.29 is 14.6 Å². The number of esters is 1. The fourth-order valence-corrected chi connectivity index (χ4v) is 2.43. The molecule has 0 bridgehead atoms. The molecule has 0 heterocycles. The van der Waals surface area contributed by atoms with Gasteiger partial charge in [0.1, 0.15) is 6.61 Å². The fourth-order valence-electron chi connectivity index (χ4n) is 2.43. The summed E-state index contributed by atoms with van der Waals surface area (Å²) in [5.41, 5.74) is 0.529. The highest BCUT2D eigenvalue weighted by atomic mass is 16.5. The molecule has 0 aliphatic heterocycles. The van der Waals surface area contributed by atoms with E-state index in [1.165, 1.54) is 38.5 Å². The molecule has 0 amide bonds. The smallest absolute Gasteiger partial charge is 0.338 e. The average Bonchev–Trinajstić information content (AvgIpc) is 2.56. The Bertz CT molecular complexity index is 389. The van der Waals surface area contributed by atoms with Gasteiger partial charge in [0.15, 0.2) is 0 Å². The van der Waals surface area contributed by atoms with Crippen molar-refractivity contribution in [1.82, 2.24) is 0 Å². The molecule has 1 unspecified atom stereocenters. The Balaban J connectivity index is 1.99. The zero-order chi connectivity index (χ0) is 16.0. The molecule has 0 saturated heterocycles. The van der Waals surface area contributed by atoms with E-state index >= 15 is 0 Å². The molecule has 3 heteroatoms. The minimum absolute atomic E-state index is 0.0875. The van der Waals surface area contributed by atoms with Crippen LogP contribution in [0.2, 0.25) is 0 Å². The van der Waals surface area contributed by atoms with Crippen molar-refractivity contribution in [3.8, 4) is 0 Å². The van der Waals surface area contributed by atoms with Crippen molar-refractivity contribution in [3.63, 3.8) is 0 Å². The van der Waals surface area contributed by atoms with Crippen LogP contribution in [0, 0.1) is 0 Å². The van der Waals surface area contributed by atoms with Gasteiger partial charge in [0, 0.05) is 0 Å². The number of hydrogen-bond acceptors (Lipinski definition) is 3. The van der Waals surface area contributed by atoms with Gasteiger partial charge in [-0.2, -0.15) is 0 Å². The van der Waals surface area contributed by atoms with Gasteiger partial charge in [0.25, 0.3) is 0 Å². The molecule has 22 heavy (non-hydrogen) atoms. The van der Waals surface area contributed by atoms with Crippen molar-refractivity contribution in [1.29, 1.82) is 0 Å². The van der Waals surface area contributed by atoms with Gasteiger partial charge in [-0.1, -0.05) is 76.5 Å². The monoisotopic (exact) mass is 306 g/mol. The number of carbonyl (C=O) groups is 1. The van der Waals surface area contributed by atoms with Crippen LogP contribution in [0.5, 0.6) is 0 Å². The predicted octanol–water partition coefficient (Wildman–Crippen LogP) is 4.74. The Morgan fingerprint density at radius 3 is 2.23 bits per heavy atom. The third kappa shape index (κ3) is 8.83. The summed E-state index contributed by atoms with van der Waals surface area (Å²) < 4.78 is 5.12. The average molecular weight is 306 g/mol. The molecule has 3 nitrogen and oxygen atoms in total. The molecule has 0 fully saturated rings. The lowest BCUT2D eigenvalue weighted by molar-refractivity contribution is 0.0233. The number of benzene rings is 1. The first kappa shape index (κ1) is 18.7. The van der Waals surface area contributed by atoms with Crippen LogP contribution in [0.25, 0.3) is 0 Å². The summed E-state index contributed by atoms with van der Waals surface area (Å²) in [7, 11) is 0. The molecule has 124 valence electrons. The van der Waals surface area contributed by atoms with Crippen LogP contribution >= 0.6 is 0 Å². The molecule has 0 aliphatic rings. The zero-order valence-electron chi connectivity index (χ0n) is 13.8. The Labute approximate surface area is 134 Å². The molecule has 1 rings (SSSR count). The quantitative estimate of drug-likeness (QED) is 0.448. The van der Waals surface area contributed by atoms with E-state index in [2.05, 4.69) is 6.92 Å². The summed E-state index contributed by atoms with van der Waals surface area (Å²) in [5.74, 6) is -0.365. The Hall–Kier alpha value is -1.35. The molecule has 1 N–H and O–H groups in total. The van der Waals surface area contributed by atoms with Crippen molar-refractivity contribution in [2.45, 2.75) is 70.8 Å². The minimum Gasteiger partial charge on any atom is -0.459 e. The second kappa shape index (κ2) is 12.2. The van der Waals surface area contributed by atoms with Crippen molar-refractivity contribution >= 4 is 5.97 Å². The van der Waals surface area contributed by atoms with Gasteiger partial charge in [-0.05, 0) is 18.6 Å². The zero-order valence-corrected chi connectivity index (χ0v) is 13.8. The van der Waals surface area contributed by atoms with E-state index in [1.54, 1.807) is 24.3 Å². The molecular formula is C19H30O3. The van der Waals surface area contributed by atoms with Gasteiger partial charge in [-0.3, -0.25) is 0 Å². The highest BCUT2D eigenvalue weighted by molar-refractivity contribution is 5.89. The second-order valence-corrected chi connectivity index (χ2v) is 5.88. The van der Waals surface area contributed by atoms with Gasteiger partial charge in [-0.25, -0.2) is 4.79 Å². The largest absolute Gasteiger partial charge is 0.459 e. The molecule has 0 saturated carbocycles. The molecule has 0 spiro atoms. The Kier molecular flexibility index (Phi) is 10.4. The van der Waals surface area contributed by atoms with Crippen LogP contribution in [-0.4, -0.2) is 23.8 Å². The summed E-state index contributed by atoms with van der Waals surface area (Å²) >= 11 is 0. The van der Waals surface area contributed by atoms with Crippen LogP contribution in [0.3, 0.4) is 0 Å². The molecule has 0 aliphatic carbocycles. The molecule has 1 aromatic carbocycles. The summed E-state index contributed by atoms with van der Waals surface area (Å²) in [6.45, 7) is 2.32. The van der Waals surface area contributed by atoms with Crippen LogP contribution < -0.4 is 0 Å². The van der Waals surface area contributed by atoms with E-state index in [0.717, 1.165) is 12.8 Å². The highest BCUT2D eigenvalue weighted by Gasteiger charge is 2.10. The third-order valence-corrected chi connectivity index (χ3v) is 3.81. The fraction of sp³-hybridized carbons (Fsp3) is 0.632. The molecule has 0 aromatic heterocycles. The maximum Gasteiger partial charge on any atom is 0.338 e. The van der Waals surface area contributed by atoms with Crippen LogP contribution in [0.4, 0.5) is 0 Å². The number of hydrogen-bond donors (Lipinski definition) is 1. The summed E-state index contributed by atoms with van der Waals surface area (Å²) in [6, 6.07) is 8.88. The SMILES string of the molecule is CCCCCCCCCCC(O)COC(=O)c1ccccc1.